The maximum Gasteiger partial charge on any atom is 0.183 e. The molecule has 4 heteroatoms. The molecular formula is C11H14ClNO2. The van der Waals surface area contributed by atoms with Crippen molar-refractivity contribution in [2.24, 2.45) is 5.73 Å². The Kier molecular flexibility index (Phi) is 3.37. The van der Waals surface area contributed by atoms with E-state index in [4.69, 9.17) is 17.3 Å². The van der Waals surface area contributed by atoms with E-state index in [1.165, 1.54) is 0 Å². The van der Waals surface area contributed by atoms with Gasteiger partial charge in [-0.1, -0.05) is 11.6 Å². The van der Waals surface area contributed by atoms with E-state index < -0.39 is 6.04 Å². The summed E-state index contributed by atoms with van der Waals surface area (Å²) in [4.78, 5) is 11.7. The van der Waals surface area contributed by atoms with E-state index >= 15 is 0 Å². The number of ketones is 1. The number of carbonyl (C=O) groups is 1. The van der Waals surface area contributed by atoms with Crippen LogP contribution >= 0.6 is 11.6 Å². The molecule has 0 fully saturated rings. The van der Waals surface area contributed by atoms with Crippen LogP contribution in [0.2, 0.25) is 5.02 Å². The lowest BCUT2D eigenvalue weighted by Gasteiger charge is -2.13. The summed E-state index contributed by atoms with van der Waals surface area (Å²) in [5.74, 6) is -0.324. The molecule has 0 aliphatic carbocycles. The molecular weight excluding hydrogens is 214 g/mol. The SMILES string of the molecule is Cc1cc(Cl)c(C)c(C(=O)C(C)N)c1O. The van der Waals surface area contributed by atoms with Crippen molar-refractivity contribution in [1.29, 1.82) is 0 Å². The highest BCUT2D eigenvalue weighted by atomic mass is 35.5. The highest BCUT2D eigenvalue weighted by Gasteiger charge is 2.20. The number of hydrogen-bond donors (Lipinski definition) is 2. The average molecular weight is 228 g/mol. The van der Waals surface area contributed by atoms with Crippen LogP contribution in [0, 0.1) is 13.8 Å². The van der Waals surface area contributed by atoms with Gasteiger partial charge in [-0.15, -0.1) is 0 Å². The summed E-state index contributed by atoms with van der Waals surface area (Å²) < 4.78 is 0. The fourth-order valence-electron chi connectivity index (χ4n) is 1.39. The number of benzene rings is 1. The third kappa shape index (κ3) is 2.13. The zero-order chi connectivity index (χ0) is 11.7. The quantitative estimate of drug-likeness (QED) is 0.762. The Hall–Kier alpha value is -1.06. The van der Waals surface area contributed by atoms with E-state index in [9.17, 15) is 9.90 Å². The number of carbonyl (C=O) groups excluding carboxylic acids is 1. The number of nitrogens with two attached hydrogens (primary N) is 1. The minimum absolute atomic E-state index is 0.0285. The second kappa shape index (κ2) is 4.21. The van der Waals surface area contributed by atoms with Crippen molar-refractivity contribution >= 4 is 17.4 Å². The third-order valence-electron chi connectivity index (χ3n) is 2.35. The number of halogens is 1. The second-order valence-electron chi connectivity index (χ2n) is 3.68. The van der Waals surface area contributed by atoms with Crippen molar-refractivity contribution < 1.29 is 9.90 Å². The monoisotopic (exact) mass is 227 g/mol. The van der Waals surface area contributed by atoms with Gasteiger partial charge in [0.05, 0.1) is 11.6 Å². The molecule has 1 unspecified atom stereocenters. The van der Waals surface area contributed by atoms with Gasteiger partial charge < -0.3 is 10.8 Å². The molecule has 3 N–H and O–H groups in total. The van der Waals surface area contributed by atoms with Crippen molar-refractivity contribution in [2.75, 3.05) is 0 Å². The van der Waals surface area contributed by atoms with E-state index in [0.717, 1.165) is 0 Å². The molecule has 0 saturated carbocycles. The predicted molar refractivity (Wildman–Crippen MR) is 60.6 cm³/mol. The van der Waals surface area contributed by atoms with E-state index in [0.29, 0.717) is 16.1 Å². The molecule has 0 radical (unpaired) electrons. The summed E-state index contributed by atoms with van der Waals surface area (Å²) in [5, 5.41) is 10.3. The smallest absolute Gasteiger partial charge is 0.183 e. The van der Waals surface area contributed by atoms with Gasteiger partial charge in [0.25, 0.3) is 0 Å². The standard InChI is InChI=1S/C11H14ClNO2/c1-5-4-8(12)6(2)9(10(5)14)11(15)7(3)13/h4,7,14H,13H2,1-3H3. The highest BCUT2D eigenvalue weighted by molar-refractivity contribution is 6.32. The zero-order valence-corrected chi connectivity index (χ0v) is 9.72. The van der Waals surface area contributed by atoms with E-state index in [1.54, 1.807) is 26.8 Å². The Balaban J connectivity index is 3.46. The summed E-state index contributed by atoms with van der Waals surface area (Å²) in [6.07, 6.45) is 0. The minimum atomic E-state index is -0.646. The number of aryl methyl sites for hydroxylation is 1. The lowest BCUT2D eigenvalue weighted by Crippen LogP contribution is -2.27. The third-order valence-corrected chi connectivity index (χ3v) is 2.74. The van der Waals surface area contributed by atoms with Gasteiger partial charge in [-0.05, 0) is 38.0 Å². The molecule has 0 heterocycles. The van der Waals surface area contributed by atoms with Crippen molar-refractivity contribution in [2.45, 2.75) is 26.8 Å². The maximum absolute atomic E-state index is 11.7. The van der Waals surface area contributed by atoms with Crippen LogP contribution < -0.4 is 5.73 Å². The molecule has 0 aliphatic rings. The molecule has 0 aromatic heterocycles. The number of phenolic OH excluding ortho intramolecular Hbond substituents is 1. The highest BCUT2D eigenvalue weighted by Crippen LogP contribution is 2.31. The van der Waals surface area contributed by atoms with Gasteiger partial charge in [0.1, 0.15) is 5.75 Å². The normalized spacial score (nSPS) is 12.6. The molecule has 0 amide bonds. The molecule has 82 valence electrons. The van der Waals surface area contributed by atoms with Gasteiger partial charge in [0.2, 0.25) is 0 Å². The lowest BCUT2D eigenvalue weighted by atomic mass is 9.97. The van der Waals surface area contributed by atoms with Crippen LogP contribution in [-0.4, -0.2) is 16.9 Å². The Morgan fingerprint density at radius 1 is 1.53 bits per heavy atom. The molecule has 3 nitrogen and oxygen atoms in total. The fraction of sp³-hybridized carbons (Fsp3) is 0.364. The van der Waals surface area contributed by atoms with Crippen LogP contribution in [0.25, 0.3) is 0 Å². The first-order chi connectivity index (χ1) is 6.86. The van der Waals surface area contributed by atoms with E-state index in [2.05, 4.69) is 0 Å². The number of aromatic hydroxyl groups is 1. The molecule has 1 aromatic carbocycles. The first-order valence-electron chi connectivity index (χ1n) is 4.64. The summed E-state index contributed by atoms with van der Waals surface area (Å²) in [5.41, 5.74) is 6.88. The summed E-state index contributed by atoms with van der Waals surface area (Å²) in [6.45, 7) is 4.97. The van der Waals surface area contributed by atoms with Crippen LogP contribution in [0.15, 0.2) is 6.07 Å². The molecule has 1 rings (SSSR count). The summed E-state index contributed by atoms with van der Waals surface area (Å²) in [6, 6.07) is 0.983. The van der Waals surface area contributed by atoms with Gasteiger partial charge >= 0.3 is 0 Å². The van der Waals surface area contributed by atoms with Crippen molar-refractivity contribution in [3.05, 3.63) is 27.8 Å². The van der Waals surface area contributed by atoms with Gasteiger partial charge in [-0.2, -0.15) is 0 Å². The lowest BCUT2D eigenvalue weighted by molar-refractivity contribution is 0.0964. The Labute approximate surface area is 93.9 Å². The molecule has 1 aromatic rings. The van der Waals surface area contributed by atoms with E-state index in [-0.39, 0.29) is 17.1 Å². The molecule has 1 atom stereocenters. The predicted octanol–water partition coefficient (Wildman–Crippen LogP) is 2.19. The van der Waals surface area contributed by atoms with Crippen LogP contribution in [0.4, 0.5) is 0 Å². The summed E-state index contributed by atoms with van der Waals surface area (Å²) >= 11 is 5.94. The van der Waals surface area contributed by atoms with Gasteiger partial charge in [0.15, 0.2) is 5.78 Å². The molecule has 0 aliphatic heterocycles. The van der Waals surface area contributed by atoms with Gasteiger partial charge in [-0.3, -0.25) is 4.79 Å². The van der Waals surface area contributed by atoms with Crippen LogP contribution in [0.5, 0.6) is 5.75 Å². The molecule has 0 spiro atoms. The largest absolute Gasteiger partial charge is 0.507 e. The maximum atomic E-state index is 11.7. The van der Waals surface area contributed by atoms with E-state index in [1.807, 2.05) is 0 Å². The Morgan fingerprint density at radius 3 is 2.53 bits per heavy atom. The topological polar surface area (TPSA) is 63.3 Å². The summed E-state index contributed by atoms with van der Waals surface area (Å²) in [7, 11) is 0. The second-order valence-corrected chi connectivity index (χ2v) is 4.08. The van der Waals surface area contributed by atoms with Crippen molar-refractivity contribution in [3.63, 3.8) is 0 Å². The van der Waals surface area contributed by atoms with Crippen molar-refractivity contribution in [1.82, 2.24) is 0 Å². The van der Waals surface area contributed by atoms with Crippen LogP contribution in [0.3, 0.4) is 0 Å². The number of rotatable bonds is 2. The Morgan fingerprint density at radius 2 is 2.07 bits per heavy atom. The number of phenols is 1. The van der Waals surface area contributed by atoms with Gasteiger partial charge in [-0.25, -0.2) is 0 Å². The zero-order valence-electron chi connectivity index (χ0n) is 8.97. The van der Waals surface area contributed by atoms with Crippen LogP contribution in [0.1, 0.15) is 28.4 Å². The molecule has 15 heavy (non-hydrogen) atoms. The first kappa shape index (κ1) is 12.0. The van der Waals surface area contributed by atoms with Crippen LogP contribution in [-0.2, 0) is 0 Å². The van der Waals surface area contributed by atoms with Crippen molar-refractivity contribution in [3.8, 4) is 5.75 Å². The molecule has 0 saturated heterocycles. The molecule has 0 bridgehead atoms. The Bertz CT molecular complexity index is 387. The first-order valence-corrected chi connectivity index (χ1v) is 5.02. The minimum Gasteiger partial charge on any atom is -0.507 e. The number of Topliss-reactive ketones (excluding diaryl/α,β-unsaturated/α-hetero) is 1. The fourth-order valence-corrected chi connectivity index (χ4v) is 1.65. The van der Waals surface area contributed by atoms with Gasteiger partial charge in [0, 0.05) is 5.02 Å². The average Bonchev–Trinajstić information content (AvgIpc) is 2.15. The number of hydrogen-bond acceptors (Lipinski definition) is 3.